The zero-order valence-corrected chi connectivity index (χ0v) is 10.2. The zero-order chi connectivity index (χ0) is 11.4. The van der Waals surface area contributed by atoms with Crippen LogP contribution in [0.3, 0.4) is 0 Å². The van der Waals surface area contributed by atoms with Crippen LogP contribution in [0.15, 0.2) is 17.5 Å². The summed E-state index contributed by atoms with van der Waals surface area (Å²) < 4.78 is 0. The Balaban J connectivity index is 1.76. The van der Waals surface area contributed by atoms with Crippen molar-refractivity contribution in [1.29, 1.82) is 0 Å². The highest BCUT2D eigenvalue weighted by molar-refractivity contribution is 7.09. The lowest BCUT2D eigenvalue weighted by Crippen LogP contribution is -2.41. The summed E-state index contributed by atoms with van der Waals surface area (Å²) in [6, 6.07) is 4.03. The number of amides is 1. The maximum atomic E-state index is 11.7. The summed E-state index contributed by atoms with van der Waals surface area (Å²) in [5, 5.41) is 4.98. The van der Waals surface area contributed by atoms with Crippen LogP contribution in [0.1, 0.15) is 30.6 Å². The highest BCUT2D eigenvalue weighted by Gasteiger charge is 2.37. The molecule has 0 aliphatic heterocycles. The molecular weight excluding hydrogens is 220 g/mol. The van der Waals surface area contributed by atoms with Crippen molar-refractivity contribution in [2.24, 2.45) is 11.1 Å². The van der Waals surface area contributed by atoms with Crippen molar-refractivity contribution >= 4 is 17.2 Å². The van der Waals surface area contributed by atoms with Crippen molar-refractivity contribution < 1.29 is 4.79 Å². The van der Waals surface area contributed by atoms with E-state index in [0.29, 0.717) is 19.5 Å². The van der Waals surface area contributed by atoms with Crippen LogP contribution in [0.5, 0.6) is 0 Å². The van der Waals surface area contributed by atoms with Crippen LogP contribution >= 0.6 is 11.3 Å². The molecule has 0 saturated heterocycles. The molecular formula is C12H18N2OS. The second-order valence-corrected chi connectivity index (χ2v) is 5.62. The van der Waals surface area contributed by atoms with Crippen LogP contribution < -0.4 is 11.1 Å². The predicted molar refractivity (Wildman–Crippen MR) is 66.1 cm³/mol. The standard InChI is InChI=1S/C12H18N2OS/c13-9-12(4-2-5-12)7-11(15)14-8-10-3-1-6-16-10/h1,3,6H,2,4-5,7-9,13H2,(H,14,15). The first-order valence-electron chi connectivity index (χ1n) is 5.73. The van der Waals surface area contributed by atoms with Gasteiger partial charge in [0.05, 0.1) is 6.54 Å². The summed E-state index contributed by atoms with van der Waals surface area (Å²) in [5.41, 5.74) is 5.84. The molecule has 0 bridgehead atoms. The lowest BCUT2D eigenvalue weighted by atomic mass is 9.66. The Morgan fingerprint density at radius 1 is 1.56 bits per heavy atom. The van der Waals surface area contributed by atoms with E-state index in [1.807, 2.05) is 17.5 Å². The van der Waals surface area contributed by atoms with Gasteiger partial charge in [0.25, 0.3) is 0 Å². The molecule has 0 unspecified atom stereocenters. The van der Waals surface area contributed by atoms with E-state index in [1.165, 1.54) is 11.3 Å². The third-order valence-electron chi connectivity index (χ3n) is 3.42. The van der Waals surface area contributed by atoms with Crippen LogP contribution in [-0.4, -0.2) is 12.5 Å². The fraction of sp³-hybridized carbons (Fsp3) is 0.583. The van der Waals surface area contributed by atoms with E-state index in [1.54, 1.807) is 11.3 Å². The molecule has 1 aliphatic carbocycles. The first kappa shape index (κ1) is 11.6. The highest BCUT2D eigenvalue weighted by atomic mass is 32.1. The van der Waals surface area contributed by atoms with E-state index in [9.17, 15) is 4.79 Å². The van der Waals surface area contributed by atoms with E-state index in [-0.39, 0.29) is 11.3 Å². The maximum absolute atomic E-state index is 11.7. The Labute approximate surface area is 100 Å². The number of hydrogen-bond donors (Lipinski definition) is 2. The first-order chi connectivity index (χ1) is 7.74. The normalized spacial score (nSPS) is 17.8. The summed E-state index contributed by atoms with van der Waals surface area (Å²) >= 11 is 1.67. The minimum atomic E-state index is 0.111. The lowest BCUT2D eigenvalue weighted by molar-refractivity contribution is -0.124. The van der Waals surface area contributed by atoms with E-state index >= 15 is 0 Å². The number of carbonyl (C=O) groups is 1. The molecule has 0 aromatic carbocycles. The molecule has 2 rings (SSSR count). The van der Waals surface area contributed by atoms with Gasteiger partial charge in [0.1, 0.15) is 0 Å². The molecule has 3 nitrogen and oxygen atoms in total. The lowest BCUT2D eigenvalue weighted by Gasteiger charge is -2.40. The van der Waals surface area contributed by atoms with Gasteiger partial charge in [-0.1, -0.05) is 12.5 Å². The largest absolute Gasteiger partial charge is 0.351 e. The Bertz CT molecular complexity index is 338. The minimum Gasteiger partial charge on any atom is -0.351 e. The second kappa shape index (κ2) is 4.97. The smallest absolute Gasteiger partial charge is 0.220 e. The summed E-state index contributed by atoms with van der Waals surface area (Å²) in [6.45, 7) is 1.29. The fourth-order valence-corrected chi connectivity index (χ4v) is 2.78. The number of carbonyl (C=O) groups excluding carboxylic acids is 1. The third kappa shape index (κ3) is 2.62. The Morgan fingerprint density at radius 3 is 2.88 bits per heavy atom. The van der Waals surface area contributed by atoms with Gasteiger partial charge in [-0.25, -0.2) is 0 Å². The Hall–Kier alpha value is -0.870. The molecule has 1 fully saturated rings. The van der Waals surface area contributed by atoms with E-state index in [4.69, 9.17) is 5.73 Å². The molecule has 1 heterocycles. The van der Waals surface area contributed by atoms with Crippen molar-refractivity contribution in [3.05, 3.63) is 22.4 Å². The van der Waals surface area contributed by atoms with Crippen molar-refractivity contribution in [2.75, 3.05) is 6.54 Å². The summed E-state index contributed by atoms with van der Waals surface area (Å²) in [6.07, 6.45) is 4.02. The molecule has 1 aromatic rings. The Morgan fingerprint density at radius 2 is 2.38 bits per heavy atom. The average molecular weight is 238 g/mol. The van der Waals surface area contributed by atoms with Gasteiger partial charge in [0, 0.05) is 11.3 Å². The fourth-order valence-electron chi connectivity index (χ4n) is 2.13. The molecule has 1 saturated carbocycles. The van der Waals surface area contributed by atoms with Gasteiger partial charge in [0.15, 0.2) is 0 Å². The van der Waals surface area contributed by atoms with Crippen molar-refractivity contribution in [3.63, 3.8) is 0 Å². The number of nitrogens with two attached hydrogens (primary N) is 1. The van der Waals surface area contributed by atoms with Gasteiger partial charge >= 0.3 is 0 Å². The molecule has 3 N–H and O–H groups in total. The summed E-state index contributed by atoms with van der Waals surface area (Å²) in [7, 11) is 0. The number of hydrogen-bond acceptors (Lipinski definition) is 3. The van der Waals surface area contributed by atoms with Crippen LogP contribution in [0.25, 0.3) is 0 Å². The average Bonchev–Trinajstić information content (AvgIpc) is 2.73. The second-order valence-electron chi connectivity index (χ2n) is 4.59. The van der Waals surface area contributed by atoms with Gasteiger partial charge < -0.3 is 11.1 Å². The molecule has 1 amide bonds. The van der Waals surface area contributed by atoms with E-state index in [2.05, 4.69) is 5.32 Å². The molecule has 0 spiro atoms. The first-order valence-corrected chi connectivity index (χ1v) is 6.61. The van der Waals surface area contributed by atoms with Gasteiger partial charge in [-0.05, 0) is 36.2 Å². The minimum absolute atomic E-state index is 0.111. The van der Waals surface area contributed by atoms with Crippen LogP contribution in [0.2, 0.25) is 0 Å². The molecule has 16 heavy (non-hydrogen) atoms. The Kier molecular flexibility index (Phi) is 3.61. The van der Waals surface area contributed by atoms with E-state index < -0.39 is 0 Å². The monoisotopic (exact) mass is 238 g/mol. The number of thiophene rings is 1. The van der Waals surface area contributed by atoms with Gasteiger partial charge in [-0.2, -0.15) is 0 Å². The summed E-state index contributed by atoms with van der Waals surface area (Å²) in [5.74, 6) is 0.138. The number of rotatable bonds is 5. The maximum Gasteiger partial charge on any atom is 0.220 e. The zero-order valence-electron chi connectivity index (χ0n) is 9.37. The van der Waals surface area contributed by atoms with Crippen molar-refractivity contribution in [1.82, 2.24) is 5.32 Å². The number of nitrogens with one attached hydrogen (secondary N) is 1. The molecule has 1 aromatic heterocycles. The van der Waals surface area contributed by atoms with Crippen molar-refractivity contribution in [3.8, 4) is 0 Å². The topological polar surface area (TPSA) is 55.1 Å². The van der Waals surface area contributed by atoms with Gasteiger partial charge in [-0.15, -0.1) is 11.3 Å². The van der Waals surface area contributed by atoms with E-state index in [0.717, 1.165) is 12.8 Å². The van der Waals surface area contributed by atoms with Crippen LogP contribution in [-0.2, 0) is 11.3 Å². The van der Waals surface area contributed by atoms with Gasteiger partial charge in [-0.3, -0.25) is 4.79 Å². The SMILES string of the molecule is NCC1(CC(=O)NCc2cccs2)CCC1. The molecule has 0 radical (unpaired) electrons. The molecule has 88 valence electrons. The predicted octanol–water partition coefficient (Wildman–Crippen LogP) is 1.88. The molecule has 1 aliphatic rings. The highest BCUT2D eigenvalue weighted by Crippen LogP contribution is 2.42. The van der Waals surface area contributed by atoms with Crippen LogP contribution in [0, 0.1) is 5.41 Å². The molecule has 0 atom stereocenters. The quantitative estimate of drug-likeness (QED) is 0.823. The van der Waals surface area contributed by atoms with Gasteiger partial charge in [0.2, 0.25) is 5.91 Å². The molecule has 4 heteroatoms. The summed E-state index contributed by atoms with van der Waals surface area (Å²) in [4.78, 5) is 12.9. The van der Waals surface area contributed by atoms with Crippen molar-refractivity contribution in [2.45, 2.75) is 32.2 Å². The van der Waals surface area contributed by atoms with Crippen LogP contribution in [0.4, 0.5) is 0 Å². The third-order valence-corrected chi connectivity index (χ3v) is 4.30.